The molecule has 2 aromatic heterocycles. The fraction of sp³-hybridized carbons (Fsp3) is 0.400. The SMILES string of the molecule is CCc1cc(-c2nc(=S)nc(N)[nH]2)n(CC)n1. The topological polar surface area (TPSA) is 85.4 Å². The van der Waals surface area contributed by atoms with Crippen molar-refractivity contribution in [3.05, 3.63) is 16.5 Å². The molecule has 6 nitrogen and oxygen atoms in total. The fourth-order valence-corrected chi connectivity index (χ4v) is 1.79. The van der Waals surface area contributed by atoms with E-state index in [2.05, 4.69) is 27.0 Å². The van der Waals surface area contributed by atoms with E-state index in [1.54, 1.807) is 0 Å². The molecule has 0 aromatic carbocycles. The summed E-state index contributed by atoms with van der Waals surface area (Å²) in [4.78, 5) is 10.9. The summed E-state index contributed by atoms with van der Waals surface area (Å²) in [5.74, 6) is 0.874. The van der Waals surface area contributed by atoms with Crippen LogP contribution in [0.15, 0.2) is 6.07 Å². The first-order valence-electron chi connectivity index (χ1n) is 5.45. The lowest BCUT2D eigenvalue weighted by atomic mass is 10.3. The average molecular weight is 250 g/mol. The molecule has 2 heterocycles. The molecule has 0 aliphatic carbocycles. The summed E-state index contributed by atoms with van der Waals surface area (Å²) in [6.45, 7) is 4.84. The lowest BCUT2D eigenvalue weighted by Gasteiger charge is -2.04. The fourth-order valence-electron chi connectivity index (χ4n) is 1.60. The minimum absolute atomic E-state index is 0.234. The molecular weight excluding hydrogens is 236 g/mol. The second kappa shape index (κ2) is 4.62. The molecule has 0 spiro atoms. The molecule has 0 amide bonds. The first-order chi connectivity index (χ1) is 8.13. The van der Waals surface area contributed by atoms with Crippen molar-refractivity contribution in [1.29, 1.82) is 0 Å². The van der Waals surface area contributed by atoms with Crippen molar-refractivity contribution in [3.8, 4) is 11.5 Å². The molecule has 0 bridgehead atoms. The van der Waals surface area contributed by atoms with Gasteiger partial charge in [-0.15, -0.1) is 0 Å². The van der Waals surface area contributed by atoms with Gasteiger partial charge in [0.1, 0.15) is 5.69 Å². The summed E-state index contributed by atoms with van der Waals surface area (Å²) < 4.78 is 2.10. The normalized spacial score (nSPS) is 10.7. The van der Waals surface area contributed by atoms with Crippen LogP contribution >= 0.6 is 12.2 Å². The van der Waals surface area contributed by atoms with Gasteiger partial charge in [0.25, 0.3) is 0 Å². The number of aryl methyl sites for hydroxylation is 2. The van der Waals surface area contributed by atoms with Crippen molar-refractivity contribution in [1.82, 2.24) is 24.7 Å². The van der Waals surface area contributed by atoms with E-state index in [0.29, 0.717) is 5.82 Å². The molecule has 17 heavy (non-hydrogen) atoms. The van der Waals surface area contributed by atoms with E-state index in [0.717, 1.165) is 24.4 Å². The quantitative estimate of drug-likeness (QED) is 0.807. The van der Waals surface area contributed by atoms with Crippen LogP contribution in [0.4, 0.5) is 5.95 Å². The van der Waals surface area contributed by atoms with Crippen LogP contribution in [-0.4, -0.2) is 24.7 Å². The number of nitrogens with two attached hydrogens (primary N) is 1. The van der Waals surface area contributed by atoms with Gasteiger partial charge in [-0.3, -0.25) is 4.68 Å². The lowest BCUT2D eigenvalue weighted by Crippen LogP contribution is -2.05. The predicted molar refractivity (Wildman–Crippen MR) is 67.9 cm³/mol. The van der Waals surface area contributed by atoms with Gasteiger partial charge in [-0.05, 0) is 31.6 Å². The number of hydrogen-bond acceptors (Lipinski definition) is 5. The van der Waals surface area contributed by atoms with Gasteiger partial charge in [0, 0.05) is 6.54 Å². The van der Waals surface area contributed by atoms with Crippen LogP contribution in [0.2, 0.25) is 0 Å². The Balaban J connectivity index is 2.58. The van der Waals surface area contributed by atoms with Gasteiger partial charge in [-0.2, -0.15) is 15.1 Å². The molecular formula is C10H14N6S. The summed E-state index contributed by atoms with van der Waals surface area (Å²) in [6.07, 6.45) is 0.876. The second-order valence-electron chi connectivity index (χ2n) is 3.56. The zero-order valence-electron chi connectivity index (χ0n) is 9.77. The molecule has 90 valence electrons. The molecule has 0 saturated heterocycles. The Hall–Kier alpha value is -1.76. The number of nitrogen functional groups attached to an aromatic ring is 1. The van der Waals surface area contributed by atoms with E-state index in [-0.39, 0.29) is 10.7 Å². The molecule has 0 radical (unpaired) electrons. The number of anilines is 1. The molecule has 0 unspecified atom stereocenters. The highest BCUT2D eigenvalue weighted by molar-refractivity contribution is 7.71. The summed E-state index contributed by atoms with van der Waals surface area (Å²) in [5.41, 5.74) is 7.52. The Bertz CT molecular complexity index is 585. The van der Waals surface area contributed by atoms with Crippen molar-refractivity contribution < 1.29 is 0 Å². The summed E-state index contributed by atoms with van der Waals surface area (Å²) >= 11 is 4.95. The van der Waals surface area contributed by atoms with Crippen LogP contribution in [0, 0.1) is 4.77 Å². The second-order valence-corrected chi connectivity index (χ2v) is 3.92. The first-order valence-corrected chi connectivity index (χ1v) is 5.85. The smallest absolute Gasteiger partial charge is 0.224 e. The highest BCUT2D eigenvalue weighted by Crippen LogP contribution is 2.17. The summed E-state index contributed by atoms with van der Waals surface area (Å²) in [7, 11) is 0. The van der Waals surface area contributed by atoms with Gasteiger partial charge >= 0.3 is 0 Å². The number of nitrogens with one attached hydrogen (secondary N) is 1. The number of rotatable bonds is 3. The number of hydrogen-bond donors (Lipinski definition) is 2. The maximum atomic E-state index is 5.62. The molecule has 3 N–H and O–H groups in total. The van der Waals surface area contributed by atoms with E-state index in [4.69, 9.17) is 18.0 Å². The third-order valence-corrected chi connectivity index (χ3v) is 2.59. The van der Waals surface area contributed by atoms with Crippen LogP contribution < -0.4 is 5.73 Å². The minimum atomic E-state index is 0.234. The first kappa shape index (κ1) is 11.7. The Morgan fingerprint density at radius 2 is 2.18 bits per heavy atom. The molecule has 0 atom stereocenters. The van der Waals surface area contributed by atoms with Crippen LogP contribution in [-0.2, 0) is 13.0 Å². The molecule has 0 fully saturated rings. The van der Waals surface area contributed by atoms with Crippen LogP contribution in [0.25, 0.3) is 11.5 Å². The maximum Gasteiger partial charge on any atom is 0.224 e. The van der Waals surface area contributed by atoms with Crippen molar-refractivity contribution in [2.75, 3.05) is 5.73 Å². The van der Waals surface area contributed by atoms with E-state index in [9.17, 15) is 0 Å². The van der Waals surface area contributed by atoms with Crippen molar-refractivity contribution in [2.24, 2.45) is 0 Å². The van der Waals surface area contributed by atoms with Crippen molar-refractivity contribution in [2.45, 2.75) is 26.8 Å². The van der Waals surface area contributed by atoms with E-state index >= 15 is 0 Å². The molecule has 7 heteroatoms. The Morgan fingerprint density at radius 1 is 1.41 bits per heavy atom. The molecule has 2 aromatic rings. The largest absolute Gasteiger partial charge is 0.369 e. The third-order valence-electron chi connectivity index (χ3n) is 2.40. The Morgan fingerprint density at radius 3 is 2.76 bits per heavy atom. The summed E-state index contributed by atoms with van der Waals surface area (Å²) in [6, 6.07) is 1.98. The van der Waals surface area contributed by atoms with E-state index < -0.39 is 0 Å². The molecule has 0 aliphatic rings. The molecule has 0 aliphatic heterocycles. The number of H-pyrrole nitrogens is 1. The number of aromatic nitrogens is 5. The minimum Gasteiger partial charge on any atom is -0.369 e. The van der Waals surface area contributed by atoms with Crippen LogP contribution in [0.3, 0.4) is 0 Å². The standard InChI is InChI=1S/C10H14N6S/c1-3-6-5-7(16(4-2)15-6)8-12-9(11)14-10(17)13-8/h5H,3-4H2,1-2H3,(H3,11,12,13,14,17). The Labute approximate surface area is 104 Å². The van der Waals surface area contributed by atoms with Crippen LogP contribution in [0.5, 0.6) is 0 Å². The lowest BCUT2D eigenvalue weighted by molar-refractivity contribution is 0.651. The van der Waals surface area contributed by atoms with Crippen LogP contribution in [0.1, 0.15) is 19.5 Å². The van der Waals surface area contributed by atoms with Crippen molar-refractivity contribution >= 4 is 18.2 Å². The average Bonchev–Trinajstić information content (AvgIpc) is 2.70. The highest BCUT2D eigenvalue weighted by Gasteiger charge is 2.10. The predicted octanol–water partition coefficient (Wildman–Crippen LogP) is 1.56. The van der Waals surface area contributed by atoms with Gasteiger partial charge in [-0.1, -0.05) is 6.92 Å². The van der Waals surface area contributed by atoms with Crippen molar-refractivity contribution in [3.63, 3.8) is 0 Å². The van der Waals surface area contributed by atoms with Gasteiger partial charge in [0.05, 0.1) is 5.69 Å². The van der Waals surface area contributed by atoms with Gasteiger partial charge in [0.15, 0.2) is 5.82 Å². The zero-order valence-corrected chi connectivity index (χ0v) is 10.6. The third kappa shape index (κ3) is 2.33. The monoisotopic (exact) mass is 250 g/mol. The number of nitrogens with zero attached hydrogens (tertiary/aromatic N) is 4. The van der Waals surface area contributed by atoms with Gasteiger partial charge < -0.3 is 10.7 Å². The summed E-state index contributed by atoms with van der Waals surface area (Å²) in [5, 5.41) is 4.44. The zero-order chi connectivity index (χ0) is 12.4. The Kier molecular flexibility index (Phi) is 3.19. The van der Waals surface area contributed by atoms with Gasteiger partial charge in [0.2, 0.25) is 10.7 Å². The van der Waals surface area contributed by atoms with E-state index in [1.165, 1.54) is 0 Å². The maximum absolute atomic E-state index is 5.62. The highest BCUT2D eigenvalue weighted by atomic mass is 32.1. The molecule has 0 saturated carbocycles. The number of aromatic amines is 1. The van der Waals surface area contributed by atoms with E-state index in [1.807, 2.05) is 17.7 Å². The molecule has 2 rings (SSSR count). The van der Waals surface area contributed by atoms with Gasteiger partial charge in [-0.25, -0.2) is 0 Å².